The van der Waals surface area contributed by atoms with Crippen LogP contribution in [-0.2, 0) is 5.60 Å². The molecule has 1 aliphatic rings. The Hall–Kier alpha value is -2.20. The smallest absolute Gasteiger partial charge is 0.161 e. The summed E-state index contributed by atoms with van der Waals surface area (Å²) in [6.07, 6.45) is 0. The molecule has 1 N–H and O–H groups in total. The molecule has 1 heterocycles. The SMILES string of the molecule is COc1ccccc1C(C)(O)c1ccc2c(c1)OCCO2. The van der Waals surface area contributed by atoms with Gasteiger partial charge in [-0.15, -0.1) is 0 Å². The van der Waals surface area contributed by atoms with E-state index in [0.717, 1.165) is 5.56 Å². The van der Waals surface area contributed by atoms with Gasteiger partial charge in [-0.3, -0.25) is 0 Å². The maximum atomic E-state index is 11.0. The van der Waals surface area contributed by atoms with Gasteiger partial charge in [0.25, 0.3) is 0 Å². The Morgan fingerprint density at radius 2 is 1.76 bits per heavy atom. The molecular formula is C17H18O4. The first-order valence-corrected chi connectivity index (χ1v) is 6.89. The van der Waals surface area contributed by atoms with Gasteiger partial charge in [0.2, 0.25) is 0 Å². The van der Waals surface area contributed by atoms with E-state index in [1.807, 2.05) is 42.5 Å². The lowest BCUT2D eigenvalue weighted by molar-refractivity contribution is 0.0977. The van der Waals surface area contributed by atoms with E-state index in [0.29, 0.717) is 36.0 Å². The molecule has 0 aromatic heterocycles. The topological polar surface area (TPSA) is 47.9 Å². The summed E-state index contributed by atoms with van der Waals surface area (Å²) < 4.78 is 16.4. The number of fused-ring (bicyclic) bond motifs is 1. The lowest BCUT2D eigenvalue weighted by Crippen LogP contribution is -2.24. The standard InChI is InChI=1S/C17H18O4/c1-17(18,13-5-3-4-6-14(13)19-2)12-7-8-15-16(11-12)21-10-9-20-15/h3-8,11,18H,9-10H2,1-2H3. The Morgan fingerprint density at radius 1 is 1.05 bits per heavy atom. The predicted molar refractivity (Wildman–Crippen MR) is 79.1 cm³/mol. The molecule has 4 nitrogen and oxygen atoms in total. The van der Waals surface area contributed by atoms with Crippen LogP contribution in [0.4, 0.5) is 0 Å². The van der Waals surface area contributed by atoms with E-state index < -0.39 is 5.60 Å². The second-order valence-electron chi connectivity index (χ2n) is 5.13. The number of hydrogen-bond acceptors (Lipinski definition) is 4. The van der Waals surface area contributed by atoms with Crippen LogP contribution < -0.4 is 14.2 Å². The van der Waals surface area contributed by atoms with Crippen LogP contribution in [0.5, 0.6) is 17.2 Å². The van der Waals surface area contributed by atoms with E-state index in [1.54, 1.807) is 14.0 Å². The Balaban J connectivity index is 2.05. The van der Waals surface area contributed by atoms with Crippen LogP contribution in [0.25, 0.3) is 0 Å². The van der Waals surface area contributed by atoms with Gasteiger partial charge in [-0.1, -0.05) is 24.3 Å². The number of ether oxygens (including phenoxy) is 3. The second-order valence-corrected chi connectivity index (χ2v) is 5.13. The number of benzene rings is 2. The van der Waals surface area contributed by atoms with Crippen LogP contribution in [0, 0.1) is 0 Å². The Bertz CT molecular complexity index is 649. The minimum absolute atomic E-state index is 0.521. The molecule has 2 aromatic carbocycles. The van der Waals surface area contributed by atoms with E-state index in [4.69, 9.17) is 14.2 Å². The minimum atomic E-state index is -1.18. The molecule has 0 fully saturated rings. The van der Waals surface area contributed by atoms with Gasteiger partial charge in [-0.05, 0) is 30.7 Å². The van der Waals surface area contributed by atoms with Crippen LogP contribution in [0.1, 0.15) is 18.1 Å². The van der Waals surface area contributed by atoms with Gasteiger partial charge in [0, 0.05) is 5.56 Å². The fraction of sp³-hybridized carbons (Fsp3) is 0.294. The molecule has 0 saturated heterocycles. The summed E-state index contributed by atoms with van der Waals surface area (Å²) in [6, 6.07) is 12.9. The Kier molecular flexibility index (Phi) is 3.47. The number of aliphatic hydroxyl groups is 1. The first kappa shape index (κ1) is 13.8. The van der Waals surface area contributed by atoms with Crippen LogP contribution in [0.3, 0.4) is 0 Å². The van der Waals surface area contributed by atoms with Crippen molar-refractivity contribution in [1.82, 2.24) is 0 Å². The zero-order valence-corrected chi connectivity index (χ0v) is 12.1. The van der Waals surface area contributed by atoms with Crippen molar-refractivity contribution in [3.63, 3.8) is 0 Å². The minimum Gasteiger partial charge on any atom is -0.496 e. The highest BCUT2D eigenvalue weighted by Gasteiger charge is 2.30. The van der Waals surface area contributed by atoms with Crippen LogP contribution >= 0.6 is 0 Å². The molecule has 0 spiro atoms. The largest absolute Gasteiger partial charge is 0.496 e. The van der Waals surface area contributed by atoms with Crippen molar-refractivity contribution in [2.24, 2.45) is 0 Å². The first-order chi connectivity index (χ1) is 10.1. The van der Waals surface area contributed by atoms with Crippen molar-refractivity contribution >= 4 is 0 Å². The van der Waals surface area contributed by atoms with Crippen molar-refractivity contribution in [3.8, 4) is 17.2 Å². The van der Waals surface area contributed by atoms with Crippen LogP contribution in [0.2, 0.25) is 0 Å². The lowest BCUT2D eigenvalue weighted by Gasteiger charge is -2.28. The van der Waals surface area contributed by atoms with Gasteiger partial charge in [-0.2, -0.15) is 0 Å². The summed E-state index contributed by atoms with van der Waals surface area (Å²) in [5.74, 6) is 2.02. The van der Waals surface area contributed by atoms with Crippen molar-refractivity contribution in [2.45, 2.75) is 12.5 Å². The van der Waals surface area contributed by atoms with Gasteiger partial charge in [0.1, 0.15) is 24.6 Å². The van der Waals surface area contributed by atoms with Gasteiger partial charge in [0.05, 0.1) is 7.11 Å². The third-order valence-corrected chi connectivity index (χ3v) is 3.74. The van der Waals surface area contributed by atoms with Crippen molar-refractivity contribution in [3.05, 3.63) is 53.6 Å². The average molecular weight is 286 g/mol. The normalized spacial score (nSPS) is 16.1. The van der Waals surface area contributed by atoms with Crippen molar-refractivity contribution < 1.29 is 19.3 Å². The van der Waals surface area contributed by atoms with Gasteiger partial charge in [0.15, 0.2) is 11.5 Å². The van der Waals surface area contributed by atoms with E-state index in [9.17, 15) is 5.11 Å². The van der Waals surface area contributed by atoms with Gasteiger partial charge >= 0.3 is 0 Å². The predicted octanol–water partition coefficient (Wildman–Crippen LogP) is 2.72. The summed E-state index contributed by atoms with van der Waals surface area (Å²) in [7, 11) is 1.60. The third-order valence-electron chi connectivity index (χ3n) is 3.74. The Labute approximate surface area is 123 Å². The summed E-state index contributed by atoms with van der Waals surface area (Å²) >= 11 is 0. The fourth-order valence-electron chi connectivity index (χ4n) is 2.55. The van der Waals surface area contributed by atoms with E-state index in [1.165, 1.54) is 0 Å². The fourth-order valence-corrected chi connectivity index (χ4v) is 2.55. The average Bonchev–Trinajstić information content (AvgIpc) is 2.54. The molecule has 1 unspecified atom stereocenters. The van der Waals surface area contributed by atoms with E-state index >= 15 is 0 Å². The van der Waals surface area contributed by atoms with E-state index in [2.05, 4.69) is 0 Å². The van der Waals surface area contributed by atoms with Crippen molar-refractivity contribution in [2.75, 3.05) is 20.3 Å². The zero-order chi connectivity index (χ0) is 14.9. The molecule has 0 aliphatic carbocycles. The molecule has 4 heteroatoms. The summed E-state index contributed by atoms with van der Waals surface area (Å²) in [5, 5.41) is 11.0. The lowest BCUT2D eigenvalue weighted by atomic mass is 9.87. The van der Waals surface area contributed by atoms with Crippen LogP contribution in [-0.4, -0.2) is 25.4 Å². The molecule has 0 radical (unpaired) electrons. The molecule has 1 atom stereocenters. The van der Waals surface area contributed by atoms with Gasteiger partial charge < -0.3 is 19.3 Å². The zero-order valence-electron chi connectivity index (χ0n) is 12.1. The van der Waals surface area contributed by atoms with Gasteiger partial charge in [-0.25, -0.2) is 0 Å². The highest BCUT2D eigenvalue weighted by molar-refractivity contribution is 5.50. The molecule has 0 saturated carbocycles. The maximum absolute atomic E-state index is 11.0. The molecule has 0 amide bonds. The quantitative estimate of drug-likeness (QED) is 0.942. The highest BCUT2D eigenvalue weighted by atomic mass is 16.6. The number of methoxy groups -OCH3 is 1. The molecule has 21 heavy (non-hydrogen) atoms. The molecule has 1 aliphatic heterocycles. The molecule has 2 aromatic rings. The summed E-state index contributed by atoms with van der Waals surface area (Å²) in [4.78, 5) is 0. The molecule has 0 bridgehead atoms. The molecular weight excluding hydrogens is 268 g/mol. The van der Waals surface area contributed by atoms with Crippen LogP contribution in [0.15, 0.2) is 42.5 Å². The Morgan fingerprint density at radius 3 is 2.52 bits per heavy atom. The molecule has 110 valence electrons. The number of para-hydroxylation sites is 1. The second kappa shape index (κ2) is 5.30. The summed E-state index contributed by atoms with van der Waals surface area (Å²) in [6.45, 7) is 2.82. The van der Waals surface area contributed by atoms with E-state index in [-0.39, 0.29) is 0 Å². The first-order valence-electron chi connectivity index (χ1n) is 6.89. The highest BCUT2D eigenvalue weighted by Crippen LogP contribution is 2.39. The molecule has 3 rings (SSSR count). The maximum Gasteiger partial charge on any atom is 0.161 e. The number of rotatable bonds is 3. The number of hydrogen-bond donors (Lipinski definition) is 1. The third kappa shape index (κ3) is 2.43. The van der Waals surface area contributed by atoms with Crippen molar-refractivity contribution in [1.29, 1.82) is 0 Å². The summed E-state index contributed by atoms with van der Waals surface area (Å²) in [5.41, 5.74) is 0.267. The monoisotopic (exact) mass is 286 g/mol.